The van der Waals surface area contributed by atoms with Crippen LogP contribution in [0.1, 0.15) is 83.1 Å². The molecule has 3 heteroatoms. The number of rotatable bonds is 5. The molecule has 0 heterocycles. The SMILES string of the molecule is CCOc1ccc(C2CCC([C@H]3CC[C@H](CC)CC3)CC2)c(F)c1F. The van der Waals surface area contributed by atoms with Crippen LogP contribution in [0.25, 0.3) is 0 Å². The molecule has 2 aliphatic carbocycles. The Bertz CT molecular complexity index is 555. The van der Waals surface area contributed by atoms with Gasteiger partial charge < -0.3 is 4.74 Å². The Morgan fingerprint density at radius 2 is 1.44 bits per heavy atom. The topological polar surface area (TPSA) is 9.23 Å². The van der Waals surface area contributed by atoms with Crippen molar-refractivity contribution in [3.63, 3.8) is 0 Å². The summed E-state index contributed by atoms with van der Waals surface area (Å²) in [7, 11) is 0. The Balaban J connectivity index is 1.58. The van der Waals surface area contributed by atoms with Gasteiger partial charge in [-0.15, -0.1) is 0 Å². The lowest BCUT2D eigenvalue weighted by Crippen LogP contribution is -2.25. The highest BCUT2D eigenvalue weighted by Gasteiger charge is 2.32. The van der Waals surface area contributed by atoms with Gasteiger partial charge in [0.15, 0.2) is 11.6 Å². The zero-order chi connectivity index (χ0) is 17.8. The largest absolute Gasteiger partial charge is 0.491 e. The molecular formula is C22H32F2O. The smallest absolute Gasteiger partial charge is 0.200 e. The zero-order valence-corrected chi connectivity index (χ0v) is 15.7. The van der Waals surface area contributed by atoms with Gasteiger partial charge in [-0.1, -0.05) is 32.3 Å². The highest BCUT2D eigenvalue weighted by atomic mass is 19.2. The van der Waals surface area contributed by atoms with Crippen molar-refractivity contribution in [3.05, 3.63) is 29.3 Å². The maximum atomic E-state index is 14.4. The van der Waals surface area contributed by atoms with Gasteiger partial charge in [0, 0.05) is 0 Å². The molecule has 0 aliphatic heterocycles. The molecule has 3 rings (SSSR count). The lowest BCUT2D eigenvalue weighted by Gasteiger charge is -2.38. The molecular weight excluding hydrogens is 318 g/mol. The summed E-state index contributed by atoms with van der Waals surface area (Å²) in [6, 6.07) is 3.33. The van der Waals surface area contributed by atoms with Crippen LogP contribution in [-0.2, 0) is 0 Å². The van der Waals surface area contributed by atoms with Crippen LogP contribution in [0.2, 0.25) is 0 Å². The third kappa shape index (κ3) is 4.17. The molecule has 0 unspecified atom stereocenters. The van der Waals surface area contributed by atoms with E-state index in [1.165, 1.54) is 44.9 Å². The molecule has 0 aromatic heterocycles. The Morgan fingerprint density at radius 1 is 0.840 bits per heavy atom. The standard InChI is InChI=1S/C22H32F2O/c1-3-15-5-7-16(8-6-15)17-9-11-18(12-10-17)19-13-14-20(25-4-2)22(24)21(19)23/h13-18H,3-12H2,1-2H3/t15-,16-,17?,18?. The molecule has 140 valence electrons. The quantitative estimate of drug-likeness (QED) is 0.564. The number of hydrogen-bond donors (Lipinski definition) is 0. The van der Waals surface area contributed by atoms with Gasteiger partial charge in [0.2, 0.25) is 5.82 Å². The van der Waals surface area contributed by atoms with Crippen LogP contribution in [0.15, 0.2) is 12.1 Å². The Labute approximate surface area is 151 Å². The van der Waals surface area contributed by atoms with E-state index in [2.05, 4.69) is 6.92 Å². The predicted molar refractivity (Wildman–Crippen MR) is 98.0 cm³/mol. The summed E-state index contributed by atoms with van der Waals surface area (Å²) in [4.78, 5) is 0. The second kappa shape index (κ2) is 8.51. The van der Waals surface area contributed by atoms with E-state index in [9.17, 15) is 8.78 Å². The summed E-state index contributed by atoms with van der Waals surface area (Å²) in [6.07, 6.45) is 11.2. The molecule has 1 nitrogen and oxygen atoms in total. The number of hydrogen-bond acceptors (Lipinski definition) is 1. The Kier molecular flexibility index (Phi) is 6.35. The summed E-state index contributed by atoms with van der Waals surface area (Å²) in [5.41, 5.74) is 0.550. The van der Waals surface area contributed by atoms with Gasteiger partial charge in [-0.2, -0.15) is 4.39 Å². The van der Waals surface area contributed by atoms with Crippen molar-refractivity contribution >= 4 is 0 Å². The van der Waals surface area contributed by atoms with Gasteiger partial charge in [-0.05, 0) is 80.8 Å². The van der Waals surface area contributed by atoms with E-state index in [0.717, 1.165) is 30.6 Å². The van der Waals surface area contributed by atoms with E-state index in [1.807, 2.05) is 0 Å². The molecule has 1 aromatic carbocycles. The lowest BCUT2D eigenvalue weighted by molar-refractivity contribution is 0.158. The molecule has 2 fully saturated rings. The van der Waals surface area contributed by atoms with Crippen molar-refractivity contribution in [1.82, 2.24) is 0 Å². The van der Waals surface area contributed by atoms with Crippen LogP contribution in [0.4, 0.5) is 8.78 Å². The van der Waals surface area contributed by atoms with Gasteiger partial charge in [0.1, 0.15) is 0 Å². The van der Waals surface area contributed by atoms with Crippen LogP contribution in [-0.4, -0.2) is 6.61 Å². The molecule has 0 atom stereocenters. The minimum atomic E-state index is -0.820. The van der Waals surface area contributed by atoms with E-state index >= 15 is 0 Å². The van der Waals surface area contributed by atoms with Crippen molar-refractivity contribution in [1.29, 1.82) is 0 Å². The van der Waals surface area contributed by atoms with E-state index in [0.29, 0.717) is 12.2 Å². The normalized spacial score (nSPS) is 30.2. The highest BCUT2D eigenvalue weighted by molar-refractivity contribution is 5.33. The lowest BCUT2D eigenvalue weighted by atomic mass is 9.68. The average molecular weight is 350 g/mol. The first-order valence-corrected chi connectivity index (χ1v) is 10.2. The second-order valence-corrected chi connectivity index (χ2v) is 8.01. The highest BCUT2D eigenvalue weighted by Crippen LogP contribution is 2.45. The fraction of sp³-hybridized carbons (Fsp3) is 0.727. The first-order valence-electron chi connectivity index (χ1n) is 10.2. The molecule has 1 aromatic rings. The van der Waals surface area contributed by atoms with Crippen LogP contribution >= 0.6 is 0 Å². The van der Waals surface area contributed by atoms with Gasteiger partial charge in [-0.25, -0.2) is 4.39 Å². The van der Waals surface area contributed by atoms with E-state index in [1.54, 1.807) is 19.1 Å². The molecule has 2 aliphatic rings. The van der Waals surface area contributed by atoms with Crippen LogP contribution in [0, 0.1) is 29.4 Å². The monoisotopic (exact) mass is 350 g/mol. The summed E-state index contributed by atoms with van der Waals surface area (Å²) in [6.45, 7) is 4.43. The number of halogens is 2. The van der Waals surface area contributed by atoms with Crippen molar-refractivity contribution in [2.45, 2.75) is 77.6 Å². The Hall–Kier alpha value is -1.12. The Morgan fingerprint density at radius 3 is 2.00 bits per heavy atom. The number of ether oxygens (including phenoxy) is 1. The molecule has 25 heavy (non-hydrogen) atoms. The summed E-state index contributed by atoms with van der Waals surface area (Å²) in [5, 5.41) is 0. The minimum absolute atomic E-state index is 0.0325. The van der Waals surface area contributed by atoms with Gasteiger partial charge in [0.05, 0.1) is 6.61 Å². The molecule has 0 N–H and O–H groups in total. The van der Waals surface area contributed by atoms with Crippen LogP contribution < -0.4 is 4.74 Å². The van der Waals surface area contributed by atoms with E-state index < -0.39 is 11.6 Å². The summed E-state index contributed by atoms with van der Waals surface area (Å²) < 4.78 is 33.7. The van der Waals surface area contributed by atoms with E-state index in [4.69, 9.17) is 4.74 Å². The van der Waals surface area contributed by atoms with Crippen molar-refractivity contribution in [2.75, 3.05) is 6.61 Å². The van der Waals surface area contributed by atoms with Crippen molar-refractivity contribution in [3.8, 4) is 5.75 Å². The molecule has 0 spiro atoms. The van der Waals surface area contributed by atoms with Gasteiger partial charge in [0.25, 0.3) is 0 Å². The van der Waals surface area contributed by atoms with Crippen molar-refractivity contribution in [2.24, 2.45) is 17.8 Å². The molecule has 0 amide bonds. The first-order chi connectivity index (χ1) is 12.1. The van der Waals surface area contributed by atoms with Crippen molar-refractivity contribution < 1.29 is 13.5 Å². The van der Waals surface area contributed by atoms with E-state index in [-0.39, 0.29) is 11.7 Å². The zero-order valence-electron chi connectivity index (χ0n) is 15.7. The molecule has 2 saturated carbocycles. The molecule has 0 radical (unpaired) electrons. The van der Waals surface area contributed by atoms with Gasteiger partial charge in [-0.3, -0.25) is 0 Å². The second-order valence-electron chi connectivity index (χ2n) is 8.01. The third-order valence-corrected chi connectivity index (χ3v) is 6.72. The maximum Gasteiger partial charge on any atom is 0.200 e. The fourth-order valence-electron chi connectivity index (χ4n) is 5.10. The third-order valence-electron chi connectivity index (χ3n) is 6.72. The fourth-order valence-corrected chi connectivity index (χ4v) is 5.10. The summed E-state index contributed by atoms with van der Waals surface area (Å²) >= 11 is 0. The van der Waals surface area contributed by atoms with Crippen LogP contribution in [0.5, 0.6) is 5.75 Å². The summed E-state index contributed by atoms with van der Waals surface area (Å²) in [5.74, 6) is 1.28. The number of benzene rings is 1. The minimum Gasteiger partial charge on any atom is -0.491 e. The maximum absolute atomic E-state index is 14.4. The molecule has 0 saturated heterocycles. The van der Waals surface area contributed by atoms with Gasteiger partial charge >= 0.3 is 0 Å². The first kappa shape index (κ1) is 18.7. The average Bonchev–Trinajstić information content (AvgIpc) is 2.66. The van der Waals surface area contributed by atoms with Crippen LogP contribution in [0.3, 0.4) is 0 Å². The predicted octanol–water partition coefficient (Wildman–Crippen LogP) is 6.85. The molecule has 0 bridgehead atoms.